The molecule has 19 heavy (non-hydrogen) atoms. The van der Waals surface area contributed by atoms with Gasteiger partial charge < -0.3 is 9.52 Å². The zero-order valence-electron chi connectivity index (χ0n) is 10.8. The van der Waals surface area contributed by atoms with Crippen LogP contribution in [0.3, 0.4) is 0 Å². The van der Waals surface area contributed by atoms with Gasteiger partial charge in [0.1, 0.15) is 5.76 Å². The first-order valence-electron chi connectivity index (χ1n) is 5.89. The number of carboxylic acids is 1. The molecule has 0 amide bonds. The third kappa shape index (κ3) is 3.61. The van der Waals surface area contributed by atoms with Gasteiger partial charge in [0.25, 0.3) is 0 Å². The van der Waals surface area contributed by atoms with Crippen LogP contribution in [0.25, 0.3) is 11.5 Å². The van der Waals surface area contributed by atoms with Gasteiger partial charge in [-0.1, -0.05) is 17.7 Å². The maximum atomic E-state index is 10.5. The van der Waals surface area contributed by atoms with E-state index in [0.717, 1.165) is 22.6 Å². The highest BCUT2D eigenvalue weighted by Crippen LogP contribution is 2.24. The molecule has 0 radical (unpaired) electrons. The van der Waals surface area contributed by atoms with Crippen LogP contribution >= 0.6 is 11.8 Å². The van der Waals surface area contributed by atoms with E-state index in [9.17, 15) is 4.79 Å². The first-order valence-corrected chi connectivity index (χ1v) is 7.04. The molecule has 0 bridgehead atoms. The summed E-state index contributed by atoms with van der Waals surface area (Å²) in [6, 6.07) is 7.94. The normalized spacial score (nSPS) is 10.6. The van der Waals surface area contributed by atoms with Crippen LogP contribution in [0.2, 0.25) is 0 Å². The van der Waals surface area contributed by atoms with Crippen LogP contribution in [-0.4, -0.2) is 21.8 Å². The molecule has 0 unspecified atom stereocenters. The van der Waals surface area contributed by atoms with Crippen molar-refractivity contribution >= 4 is 17.7 Å². The minimum absolute atomic E-state index is 0.0755. The molecule has 100 valence electrons. The molecule has 1 heterocycles. The number of carboxylic acid groups (broad SMARTS) is 1. The third-order valence-electron chi connectivity index (χ3n) is 2.62. The molecule has 0 atom stereocenters. The van der Waals surface area contributed by atoms with Gasteiger partial charge in [0.2, 0.25) is 5.89 Å². The second-order valence-electron chi connectivity index (χ2n) is 4.28. The summed E-state index contributed by atoms with van der Waals surface area (Å²) in [5, 5.41) is 8.61. The monoisotopic (exact) mass is 277 g/mol. The summed E-state index contributed by atoms with van der Waals surface area (Å²) < 4.78 is 5.64. The molecular weight excluding hydrogens is 262 g/mol. The summed E-state index contributed by atoms with van der Waals surface area (Å²) in [4.78, 5) is 14.9. The number of aryl methyl sites for hydroxylation is 2. The second kappa shape index (κ2) is 5.93. The van der Waals surface area contributed by atoms with E-state index in [1.807, 2.05) is 38.1 Å². The molecule has 2 aromatic rings. The predicted molar refractivity (Wildman–Crippen MR) is 75.2 cm³/mol. The lowest BCUT2D eigenvalue weighted by molar-refractivity contribution is -0.133. The van der Waals surface area contributed by atoms with Gasteiger partial charge in [-0.2, -0.15) is 0 Å². The summed E-state index contributed by atoms with van der Waals surface area (Å²) in [7, 11) is 0. The van der Waals surface area contributed by atoms with E-state index in [4.69, 9.17) is 9.52 Å². The van der Waals surface area contributed by atoms with Crippen molar-refractivity contribution in [3.63, 3.8) is 0 Å². The van der Waals surface area contributed by atoms with Crippen LogP contribution in [0.1, 0.15) is 17.0 Å². The Morgan fingerprint density at radius 1 is 1.42 bits per heavy atom. The third-order valence-corrected chi connectivity index (χ3v) is 3.55. The van der Waals surface area contributed by atoms with Crippen molar-refractivity contribution in [2.75, 3.05) is 5.75 Å². The average Bonchev–Trinajstić information content (AvgIpc) is 2.71. The topological polar surface area (TPSA) is 63.3 Å². The highest BCUT2D eigenvalue weighted by Gasteiger charge is 2.12. The number of hydrogen-bond donors (Lipinski definition) is 1. The number of aromatic nitrogens is 1. The summed E-state index contributed by atoms with van der Waals surface area (Å²) in [5.74, 6) is 1.14. The van der Waals surface area contributed by atoms with Crippen molar-refractivity contribution in [1.29, 1.82) is 0 Å². The van der Waals surface area contributed by atoms with Crippen molar-refractivity contribution in [3.05, 3.63) is 41.3 Å². The van der Waals surface area contributed by atoms with E-state index < -0.39 is 5.97 Å². The number of thioether (sulfide) groups is 1. The molecular formula is C14H15NO3S. The number of aliphatic carboxylic acids is 1. The van der Waals surface area contributed by atoms with E-state index in [1.54, 1.807) is 0 Å². The second-order valence-corrected chi connectivity index (χ2v) is 5.26. The zero-order chi connectivity index (χ0) is 13.8. The standard InChI is InChI=1S/C14H15NO3S/c1-9-4-3-5-11(6-9)14-15-12(10(2)18-14)7-19-8-13(16)17/h3-6H,7-8H2,1-2H3,(H,16,17). The fraction of sp³-hybridized carbons (Fsp3) is 0.286. The lowest BCUT2D eigenvalue weighted by Crippen LogP contribution is -1.98. The van der Waals surface area contributed by atoms with Crippen molar-refractivity contribution < 1.29 is 14.3 Å². The first kappa shape index (κ1) is 13.7. The highest BCUT2D eigenvalue weighted by molar-refractivity contribution is 7.99. The van der Waals surface area contributed by atoms with E-state index in [0.29, 0.717) is 11.6 Å². The van der Waals surface area contributed by atoms with Gasteiger partial charge in [-0.25, -0.2) is 4.98 Å². The summed E-state index contributed by atoms with van der Waals surface area (Å²) >= 11 is 1.32. The Balaban J connectivity index is 2.14. The van der Waals surface area contributed by atoms with Gasteiger partial charge in [0.05, 0.1) is 11.4 Å². The molecule has 2 rings (SSSR count). The van der Waals surface area contributed by atoms with Crippen molar-refractivity contribution in [2.45, 2.75) is 19.6 Å². The van der Waals surface area contributed by atoms with E-state index in [-0.39, 0.29) is 5.75 Å². The van der Waals surface area contributed by atoms with Gasteiger partial charge in [-0.3, -0.25) is 4.79 Å². The van der Waals surface area contributed by atoms with Gasteiger partial charge in [-0.05, 0) is 26.0 Å². The largest absolute Gasteiger partial charge is 0.481 e. The maximum Gasteiger partial charge on any atom is 0.313 e. The molecule has 5 heteroatoms. The van der Waals surface area contributed by atoms with Crippen LogP contribution < -0.4 is 0 Å². The number of oxazole rings is 1. The number of carbonyl (C=O) groups is 1. The highest BCUT2D eigenvalue weighted by atomic mass is 32.2. The lowest BCUT2D eigenvalue weighted by atomic mass is 10.1. The van der Waals surface area contributed by atoms with E-state index in [1.165, 1.54) is 11.8 Å². The summed E-state index contributed by atoms with van der Waals surface area (Å²) in [6.45, 7) is 3.87. The van der Waals surface area contributed by atoms with Gasteiger partial charge in [0.15, 0.2) is 0 Å². The smallest absolute Gasteiger partial charge is 0.313 e. The van der Waals surface area contributed by atoms with Crippen LogP contribution in [0.4, 0.5) is 0 Å². The fourth-order valence-corrected chi connectivity index (χ4v) is 2.44. The van der Waals surface area contributed by atoms with Gasteiger partial charge >= 0.3 is 5.97 Å². The van der Waals surface area contributed by atoms with Crippen molar-refractivity contribution in [1.82, 2.24) is 4.98 Å². The Kier molecular flexibility index (Phi) is 4.27. The summed E-state index contributed by atoms with van der Waals surface area (Å²) in [6.07, 6.45) is 0. The minimum Gasteiger partial charge on any atom is -0.481 e. The number of hydrogen-bond acceptors (Lipinski definition) is 4. The molecule has 0 aliphatic rings. The fourth-order valence-electron chi connectivity index (χ4n) is 1.70. The average molecular weight is 277 g/mol. The Hall–Kier alpha value is -1.75. The Labute approximate surface area is 115 Å². The first-order chi connectivity index (χ1) is 9.06. The van der Waals surface area contributed by atoms with Crippen molar-refractivity contribution in [3.8, 4) is 11.5 Å². The zero-order valence-corrected chi connectivity index (χ0v) is 11.7. The molecule has 1 aromatic carbocycles. The van der Waals surface area contributed by atoms with Gasteiger partial charge in [-0.15, -0.1) is 11.8 Å². The summed E-state index contributed by atoms with van der Waals surface area (Å²) in [5.41, 5.74) is 2.90. The Morgan fingerprint density at radius 3 is 2.89 bits per heavy atom. The molecule has 0 saturated heterocycles. The molecule has 0 aliphatic carbocycles. The van der Waals surface area contributed by atoms with Crippen LogP contribution in [0, 0.1) is 13.8 Å². The molecule has 0 saturated carbocycles. The molecule has 1 N–H and O–H groups in total. The molecule has 0 aliphatic heterocycles. The molecule has 4 nitrogen and oxygen atoms in total. The minimum atomic E-state index is -0.815. The molecule has 0 fully saturated rings. The van der Waals surface area contributed by atoms with E-state index in [2.05, 4.69) is 4.98 Å². The predicted octanol–water partition coefficient (Wildman–Crippen LogP) is 3.28. The maximum absolute atomic E-state index is 10.5. The number of nitrogens with zero attached hydrogens (tertiary/aromatic N) is 1. The van der Waals surface area contributed by atoms with E-state index >= 15 is 0 Å². The van der Waals surface area contributed by atoms with Gasteiger partial charge in [0, 0.05) is 11.3 Å². The van der Waals surface area contributed by atoms with Crippen LogP contribution in [0.5, 0.6) is 0 Å². The SMILES string of the molecule is Cc1cccc(-c2nc(CSCC(=O)O)c(C)o2)c1. The Morgan fingerprint density at radius 2 is 2.21 bits per heavy atom. The number of benzene rings is 1. The lowest BCUT2D eigenvalue weighted by Gasteiger charge is -1.96. The van der Waals surface area contributed by atoms with Crippen molar-refractivity contribution in [2.24, 2.45) is 0 Å². The molecule has 0 spiro atoms. The van der Waals surface area contributed by atoms with Crippen LogP contribution in [-0.2, 0) is 10.5 Å². The molecule has 1 aromatic heterocycles. The Bertz CT molecular complexity index is 592. The quantitative estimate of drug-likeness (QED) is 0.908. The van der Waals surface area contributed by atoms with Crippen LogP contribution in [0.15, 0.2) is 28.7 Å². The number of rotatable bonds is 5.